The zero-order chi connectivity index (χ0) is 18.8. The lowest BCUT2D eigenvalue weighted by Crippen LogP contribution is -2.30. The summed E-state index contributed by atoms with van der Waals surface area (Å²) in [5.41, 5.74) is 0.687. The Kier molecular flexibility index (Phi) is 5.07. The van der Waals surface area contributed by atoms with Gasteiger partial charge in [-0.05, 0) is 43.6 Å². The van der Waals surface area contributed by atoms with Gasteiger partial charge in [-0.1, -0.05) is 31.5 Å². The number of nitrogens with zero attached hydrogens (tertiary/aromatic N) is 3. The third-order valence-corrected chi connectivity index (χ3v) is 5.51. The number of unbranched alkanes of at least 4 members (excludes halogenated alkanes) is 1. The topological polar surface area (TPSA) is 80.0 Å². The van der Waals surface area contributed by atoms with E-state index >= 15 is 0 Å². The van der Waals surface area contributed by atoms with E-state index in [0.717, 1.165) is 55.8 Å². The number of aliphatic hydroxyl groups is 1. The molecule has 142 valence electrons. The molecule has 3 aromatic rings. The molecule has 4 rings (SSSR count). The summed E-state index contributed by atoms with van der Waals surface area (Å²) in [5.74, 6) is 0.565. The number of aromatic nitrogens is 3. The molecule has 2 aromatic heterocycles. The van der Waals surface area contributed by atoms with Crippen LogP contribution in [0.15, 0.2) is 35.3 Å². The van der Waals surface area contributed by atoms with Gasteiger partial charge in [0.15, 0.2) is 0 Å². The molecule has 1 aromatic carbocycles. The van der Waals surface area contributed by atoms with E-state index in [2.05, 4.69) is 17.2 Å². The highest BCUT2D eigenvalue weighted by Gasteiger charge is 2.25. The summed E-state index contributed by atoms with van der Waals surface area (Å²) in [6, 6.07) is 7.73. The minimum Gasteiger partial charge on any atom is -0.393 e. The zero-order valence-electron chi connectivity index (χ0n) is 15.7. The van der Waals surface area contributed by atoms with Crippen LogP contribution in [0.4, 0.5) is 5.95 Å². The van der Waals surface area contributed by atoms with Crippen molar-refractivity contribution in [2.24, 2.45) is 0 Å². The molecular weight excluding hydrogens is 340 g/mol. The number of anilines is 1. The summed E-state index contributed by atoms with van der Waals surface area (Å²) in [5, 5.41) is 15.6. The molecule has 1 saturated carbocycles. The van der Waals surface area contributed by atoms with Crippen LogP contribution in [0.3, 0.4) is 0 Å². The molecule has 2 heterocycles. The van der Waals surface area contributed by atoms with E-state index in [9.17, 15) is 9.90 Å². The third kappa shape index (κ3) is 3.41. The molecule has 0 aliphatic heterocycles. The Morgan fingerprint density at radius 1 is 1.15 bits per heavy atom. The van der Waals surface area contributed by atoms with Crippen molar-refractivity contribution in [3.63, 3.8) is 0 Å². The first kappa shape index (κ1) is 17.9. The van der Waals surface area contributed by atoms with E-state index in [0.29, 0.717) is 17.0 Å². The summed E-state index contributed by atoms with van der Waals surface area (Å²) in [4.78, 5) is 22.5. The summed E-state index contributed by atoms with van der Waals surface area (Å²) < 4.78 is 1.84. The molecule has 0 radical (unpaired) electrons. The van der Waals surface area contributed by atoms with Crippen LogP contribution in [0.5, 0.6) is 0 Å². The van der Waals surface area contributed by atoms with Gasteiger partial charge in [-0.2, -0.15) is 4.98 Å². The summed E-state index contributed by atoms with van der Waals surface area (Å²) in [6.07, 6.45) is 6.73. The Labute approximate surface area is 158 Å². The summed E-state index contributed by atoms with van der Waals surface area (Å²) in [7, 11) is 0. The molecule has 0 bridgehead atoms. The number of hydrogen-bond donors (Lipinski definition) is 2. The van der Waals surface area contributed by atoms with Crippen molar-refractivity contribution in [2.75, 3.05) is 11.9 Å². The largest absolute Gasteiger partial charge is 0.393 e. The monoisotopic (exact) mass is 366 g/mol. The van der Waals surface area contributed by atoms with Crippen molar-refractivity contribution in [3.05, 3.63) is 40.8 Å². The maximum absolute atomic E-state index is 13.3. The van der Waals surface area contributed by atoms with E-state index in [-0.39, 0.29) is 17.7 Å². The molecule has 0 atom stereocenters. The van der Waals surface area contributed by atoms with E-state index in [1.54, 1.807) is 0 Å². The van der Waals surface area contributed by atoms with Crippen LogP contribution in [0.25, 0.3) is 21.8 Å². The quantitative estimate of drug-likeness (QED) is 0.532. The number of hydrogen-bond acceptors (Lipinski definition) is 5. The number of rotatable bonds is 5. The number of benzene rings is 1. The van der Waals surface area contributed by atoms with Crippen molar-refractivity contribution in [2.45, 2.75) is 57.6 Å². The van der Waals surface area contributed by atoms with Gasteiger partial charge in [0, 0.05) is 29.6 Å². The Balaban J connectivity index is 1.89. The second-order valence-corrected chi connectivity index (χ2v) is 7.39. The predicted molar refractivity (Wildman–Crippen MR) is 108 cm³/mol. The fraction of sp³-hybridized carbons (Fsp3) is 0.476. The number of nitrogens with one attached hydrogen (secondary N) is 1. The van der Waals surface area contributed by atoms with Gasteiger partial charge >= 0.3 is 0 Å². The van der Waals surface area contributed by atoms with Crippen LogP contribution in [0, 0.1) is 0 Å². The molecule has 6 heteroatoms. The second-order valence-electron chi connectivity index (χ2n) is 7.39. The Morgan fingerprint density at radius 2 is 1.89 bits per heavy atom. The van der Waals surface area contributed by atoms with Crippen molar-refractivity contribution < 1.29 is 5.11 Å². The van der Waals surface area contributed by atoms with Crippen LogP contribution < -0.4 is 10.9 Å². The average molecular weight is 366 g/mol. The van der Waals surface area contributed by atoms with Crippen LogP contribution in [0.1, 0.15) is 51.5 Å². The van der Waals surface area contributed by atoms with Gasteiger partial charge in [0.1, 0.15) is 5.65 Å². The van der Waals surface area contributed by atoms with Crippen LogP contribution in [-0.2, 0) is 0 Å². The molecule has 0 unspecified atom stereocenters. The van der Waals surface area contributed by atoms with E-state index in [1.807, 2.05) is 35.0 Å². The van der Waals surface area contributed by atoms with Gasteiger partial charge < -0.3 is 10.4 Å². The second kappa shape index (κ2) is 7.64. The van der Waals surface area contributed by atoms with Crippen molar-refractivity contribution in [3.8, 4) is 0 Å². The van der Waals surface area contributed by atoms with Gasteiger partial charge in [-0.3, -0.25) is 9.36 Å². The third-order valence-electron chi connectivity index (χ3n) is 5.51. The predicted octanol–water partition coefficient (Wildman–Crippen LogP) is 3.63. The smallest absolute Gasteiger partial charge is 0.260 e. The van der Waals surface area contributed by atoms with Gasteiger partial charge in [-0.25, -0.2) is 4.98 Å². The zero-order valence-corrected chi connectivity index (χ0v) is 15.7. The first-order valence-electron chi connectivity index (χ1n) is 9.91. The molecule has 0 saturated heterocycles. The Morgan fingerprint density at radius 3 is 2.63 bits per heavy atom. The molecule has 2 N–H and O–H groups in total. The first-order valence-corrected chi connectivity index (χ1v) is 9.91. The summed E-state index contributed by atoms with van der Waals surface area (Å²) >= 11 is 0. The molecule has 1 fully saturated rings. The molecular formula is C21H26N4O2. The van der Waals surface area contributed by atoms with Crippen LogP contribution >= 0.6 is 0 Å². The van der Waals surface area contributed by atoms with Crippen LogP contribution in [0.2, 0.25) is 0 Å². The minimum absolute atomic E-state index is 0.00213. The maximum Gasteiger partial charge on any atom is 0.260 e. The van der Waals surface area contributed by atoms with Gasteiger partial charge in [0.25, 0.3) is 5.56 Å². The fourth-order valence-corrected chi connectivity index (χ4v) is 3.99. The van der Waals surface area contributed by atoms with Crippen molar-refractivity contribution in [1.29, 1.82) is 0 Å². The average Bonchev–Trinajstić information content (AvgIpc) is 2.70. The van der Waals surface area contributed by atoms with E-state index in [4.69, 9.17) is 4.98 Å². The number of aliphatic hydroxyl groups excluding tert-OH is 1. The molecule has 27 heavy (non-hydrogen) atoms. The fourth-order valence-electron chi connectivity index (χ4n) is 3.99. The van der Waals surface area contributed by atoms with E-state index in [1.165, 1.54) is 0 Å². The van der Waals surface area contributed by atoms with Crippen molar-refractivity contribution >= 4 is 27.8 Å². The van der Waals surface area contributed by atoms with Gasteiger partial charge in [0.2, 0.25) is 5.95 Å². The normalized spacial score (nSPS) is 20.2. The SMILES string of the molecule is CCCCNc1ncc2c3ccccc3c(=O)n([C@H]3CC[C@H](O)CC3)c2n1. The van der Waals surface area contributed by atoms with Gasteiger partial charge in [0.05, 0.1) is 6.10 Å². The number of fused-ring (bicyclic) bond motifs is 3. The Bertz CT molecular complexity index is 1010. The lowest BCUT2D eigenvalue weighted by atomic mass is 9.92. The highest BCUT2D eigenvalue weighted by molar-refractivity contribution is 6.04. The van der Waals surface area contributed by atoms with Gasteiger partial charge in [-0.15, -0.1) is 0 Å². The van der Waals surface area contributed by atoms with Crippen LogP contribution in [-0.4, -0.2) is 32.3 Å². The molecule has 6 nitrogen and oxygen atoms in total. The molecule has 0 spiro atoms. The molecule has 1 aliphatic rings. The standard InChI is InChI=1S/C21H26N4O2/c1-2-3-12-22-21-23-13-18-16-6-4-5-7-17(16)20(27)25(19(18)24-21)14-8-10-15(26)11-9-14/h4-7,13-15,26H,2-3,8-12H2,1H3,(H,22,23,24)/t14-,15-. The first-order chi connectivity index (χ1) is 13.2. The maximum atomic E-state index is 13.3. The molecule has 1 aliphatic carbocycles. The summed E-state index contributed by atoms with van der Waals surface area (Å²) in [6.45, 7) is 2.96. The van der Waals surface area contributed by atoms with Crippen molar-refractivity contribution in [1.82, 2.24) is 14.5 Å². The lowest BCUT2D eigenvalue weighted by Gasteiger charge is -2.28. The highest BCUT2D eigenvalue weighted by Crippen LogP contribution is 2.31. The van der Waals surface area contributed by atoms with E-state index < -0.39 is 0 Å². The lowest BCUT2D eigenvalue weighted by molar-refractivity contribution is 0.111. The Hall–Kier alpha value is -2.47. The molecule has 0 amide bonds. The minimum atomic E-state index is -0.260. The number of pyridine rings is 1. The highest BCUT2D eigenvalue weighted by atomic mass is 16.3.